The molecule has 1 unspecified atom stereocenters. The number of rotatable bonds is 5. The molecule has 0 aliphatic heterocycles. The van der Waals surface area contributed by atoms with Crippen molar-refractivity contribution in [3.8, 4) is 11.5 Å². The smallest absolute Gasteiger partial charge is 0.356 e. The van der Waals surface area contributed by atoms with Gasteiger partial charge in [-0.3, -0.25) is 4.57 Å². The van der Waals surface area contributed by atoms with E-state index in [0.29, 0.717) is 5.56 Å². The van der Waals surface area contributed by atoms with Gasteiger partial charge in [0.25, 0.3) is 0 Å². The monoisotopic (exact) mass is 354 g/mol. The molecule has 8 heteroatoms. The van der Waals surface area contributed by atoms with Gasteiger partial charge in [0, 0.05) is 11.5 Å². The molecule has 0 spiro atoms. The van der Waals surface area contributed by atoms with Crippen LogP contribution in [0, 0.1) is 0 Å². The number of phenols is 2. The van der Waals surface area contributed by atoms with E-state index in [0.717, 1.165) is 18.2 Å². The average Bonchev–Trinajstić information content (AvgIpc) is 2.48. The van der Waals surface area contributed by atoms with Gasteiger partial charge in [-0.25, -0.2) is 0 Å². The topological polar surface area (TPSA) is 138 Å². The fourth-order valence-electron chi connectivity index (χ4n) is 2.72. The van der Waals surface area contributed by atoms with Gasteiger partial charge in [-0.15, -0.1) is 0 Å². The van der Waals surface area contributed by atoms with Crippen LogP contribution in [0.25, 0.3) is 0 Å². The van der Waals surface area contributed by atoms with E-state index in [1.54, 1.807) is 6.92 Å². The Hall–Kier alpha value is -1.89. The minimum atomic E-state index is -4.85. The van der Waals surface area contributed by atoms with Crippen LogP contribution in [0.15, 0.2) is 42.5 Å². The standard InChI is InChI=1S/C16H19O7P/c1-2-13(10-3-5-11(17)6-4-10)16(19,20)14-8-7-12(18)9-15(14)24(21,22)23/h3-9,13,17-20H,2H2,1H3,(H2,21,22,23). The van der Waals surface area contributed by atoms with Crippen LogP contribution in [0.3, 0.4) is 0 Å². The average molecular weight is 354 g/mol. The Morgan fingerprint density at radius 2 is 1.54 bits per heavy atom. The molecule has 0 saturated carbocycles. The number of phenolic OH excluding ortho intramolecular Hbond substituents is 2. The summed E-state index contributed by atoms with van der Waals surface area (Å²) in [7, 11) is -4.85. The fraction of sp³-hybridized carbons (Fsp3) is 0.250. The molecule has 1 atom stereocenters. The molecule has 130 valence electrons. The van der Waals surface area contributed by atoms with Gasteiger partial charge in [0.15, 0.2) is 5.79 Å². The molecule has 0 amide bonds. The van der Waals surface area contributed by atoms with Crippen molar-refractivity contribution in [1.29, 1.82) is 0 Å². The minimum Gasteiger partial charge on any atom is -0.508 e. The fourth-order valence-corrected chi connectivity index (χ4v) is 3.57. The van der Waals surface area contributed by atoms with Crippen molar-refractivity contribution in [1.82, 2.24) is 0 Å². The third kappa shape index (κ3) is 3.61. The first-order valence-electron chi connectivity index (χ1n) is 7.20. The van der Waals surface area contributed by atoms with Crippen LogP contribution in [0.1, 0.15) is 30.4 Å². The summed E-state index contributed by atoms with van der Waals surface area (Å²) in [6, 6.07) is 8.79. The first kappa shape index (κ1) is 18.4. The summed E-state index contributed by atoms with van der Waals surface area (Å²) in [4.78, 5) is 18.9. The first-order chi connectivity index (χ1) is 11.1. The second-order valence-electron chi connectivity index (χ2n) is 5.52. The molecule has 0 saturated heterocycles. The van der Waals surface area contributed by atoms with Gasteiger partial charge in [-0.1, -0.05) is 19.1 Å². The van der Waals surface area contributed by atoms with Gasteiger partial charge in [-0.05, 0) is 42.3 Å². The predicted octanol–water partition coefficient (Wildman–Crippen LogP) is 1.23. The number of aliphatic hydroxyl groups is 2. The van der Waals surface area contributed by atoms with Crippen molar-refractivity contribution in [2.24, 2.45) is 0 Å². The molecule has 0 fully saturated rings. The van der Waals surface area contributed by atoms with E-state index < -0.39 is 30.4 Å². The van der Waals surface area contributed by atoms with Crippen LogP contribution < -0.4 is 5.30 Å². The van der Waals surface area contributed by atoms with Gasteiger partial charge in [0.05, 0.1) is 5.30 Å². The number of aromatic hydroxyl groups is 2. The zero-order chi connectivity index (χ0) is 18.1. The summed E-state index contributed by atoms with van der Waals surface area (Å²) in [6.45, 7) is 1.69. The van der Waals surface area contributed by atoms with Gasteiger partial charge < -0.3 is 30.2 Å². The zero-order valence-corrected chi connectivity index (χ0v) is 13.8. The third-order valence-electron chi connectivity index (χ3n) is 3.88. The van der Waals surface area contributed by atoms with E-state index in [2.05, 4.69) is 0 Å². The van der Waals surface area contributed by atoms with Crippen molar-refractivity contribution in [3.63, 3.8) is 0 Å². The summed E-state index contributed by atoms with van der Waals surface area (Å²) >= 11 is 0. The van der Waals surface area contributed by atoms with E-state index in [9.17, 15) is 34.8 Å². The highest BCUT2D eigenvalue weighted by molar-refractivity contribution is 7.60. The summed E-state index contributed by atoms with van der Waals surface area (Å²) in [5, 5.41) is 39.5. The molecule has 0 heterocycles. The van der Waals surface area contributed by atoms with Crippen LogP contribution in [-0.2, 0) is 10.4 Å². The maximum atomic E-state index is 11.7. The summed E-state index contributed by atoms with van der Waals surface area (Å²) in [5.41, 5.74) is 0.0959. The van der Waals surface area contributed by atoms with Crippen LogP contribution in [0.5, 0.6) is 11.5 Å². The van der Waals surface area contributed by atoms with Crippen LogP contribution in [-0.4, -0.2) is 30.2 Å². The molecule has 6 N–H and O–H groups in total. The zero-order valence-electron chi connectivity index (χ0n) is 12.9. The van der Waals surface area contributed by atoms with E-state index in [1.165, 1.54) is 24.3 Å². The lowest BCUT2D eigenvalue weighted by Crippen LogP contribution is -2.37. The predicted molar refractivity (Wildman–Crippen MR) is 87.0 cm³/mol. The highest BCUT2D eigenvalue weighted by Gasteiger charge is 2.41. The largest absolute Gasteiger partial charge is 0.508 e. The molecule has 0 aromatic heterocycles. The van der Waals surface area contributed by atoms with Gasteiger partial charge in [0.1, 0.15) is 11.5 Å². The van der Waals surface area contributed by atoms with Crippen molar-refractivity contribution >= 4 is 12.9 Å². The second kappa shape index (κ2) is 6.55. The molecule has 2 aromatic carbocycles. The van der Waals surface area contributed by atoms with Gasteiger partial charge >= 0.3 is 7.60 Å². The lowest BCUT2D eigenvalue weighted by atomic mass is 9.84. The van der Waals surface area contributed by atoms with E-state index in [-0.39, 0.29) is 17.7 Å². The molecule has 0 aliphatic carbocycles. The van der Waals surface area contributed by atoms with Crippen LogP contribution >= 0.6 is 7.60 Å². The van der Waals surface area contributed by atoms with Crippen LogP contribution in [0.2, 0.25) is 0 Å². The number of hydrogen-bond donors (Lipinski definition) is 6. The molecule has 0 aliphatic rings. The molecular weight excluding hydrogens is 335 g/mol. The summed E-state index contributed by atoms with van der Waals surface area (Å²) in [6.07, 6.45) is 0.249. The Morgan fingerprint density at radius 1 is 1.00 bits per heavy atom. The maximum Gasteiger partial charge on any atom is 0.356 e. The Bertz CT molecular complexity index is 764. The molecule has 0 radical (unpaired) electrons. The normalized spacial score (nSPS) is 13.7. The summed E-state index contributed by atoms with van der Waals surface area (Å²) < 4.78 is 11.7. The Morgan fingerprint density at radius 3 is 2.04 bits per heavy atom. The van der Waals surface area contributed by atoms with Crippen molar-refractivity contribution in [2.75, 3.05) is 0 Å². The first-order valence-corrected chi connectivity index (χ1v) is 8.82. The molecule has 2 aromatic rings. The summed E-state index contributed by atoms with van der Waals surface area (Å²) in [5.74, 6) is -3.88. The third-order valence-corrected chi connectivity index (χ3v) is 4.88. The maximum absolute atomic E-state index is 11.7. The molecular formula is C16H19O7P. The highest BCUT2D eigenvalue weighted by atomic mass is 31.2. The van der Waals surface area contributed by atoms with Crippen molar-refractivity contribution < 1.29 is 34.8 Å². The van der Waals surface area contributed by atoms with E-state index in [1.807, 2.05) is 0 Å². The Balaban J connectivity index is 2.60. The lowest BCUT2D eigenvalue weighted by Gasteiger charge is -2.33. The van der Waals surface area contributed by atoms with E-state index >= 15 is 0 Å². The molecule has 7 nitrogen and oxygen atoms in total. The lowest BCUT2D eigenvalue weighted by molar-refractivity contribution is -0.188. The van der Waals surface area contributed by atoms with Gasteiger partial charge in [-0.2, -0.15) is 0 Å². The van der Waals surface area contributed by atoms with Gasteiger partial charge in [0.2, 0.25) is 0 Å². The number of benzene rings is 2. The minimum absolute atomic E-state index is 0.00984. The van der Waals surface area contributed by atoms with Crippen LogP contribution in [0.4, 0.5) is 0 Å². The quantitative estimate of drug-likeness (QED) is 0.351. The van der Waals surface area contributed by atoms with Crippen molar-refractivity contribution in [3.05, 3.63) is 53.6 Å². The van der Waals surface area contributed by atoms with E-state index in [4.69, 9.17) is 0 Å². The Labute approximate surface area is 138 Å². The van der Waals surface area contributed by atoms with Crippen molar-refractivity contribution in [2.45, 2.75) is 25.0 Å². The number of hydrogen-bond acceptors (Lipinski definition) is 5. The SMILES string of the molecule is CCC(c1ccc(O)cc1)C(O)(O)c1ccc(O)cc1P(=O)(O)O. The molecule has 0 bridgehead atoms. The highest BCUT2D eigenvalue weighted by Crippen LogP contribution is 2.43. The molecule has 2 rings (SSSR count). The Kier molecular flexibility index (Phi) is 5.03. The second-order valence-corrected chi connectivity index (χ2v) is 7.09. The molecule has 24 heavy (non-hydrogen) atoms.